The fraction of sp³-hybridized carbons (Fsp3) is 0.300. The summed E-state index contributed by atoms with van der Waals surface area (Å²) in [5.74, 6) is 1.67. The maximum atomic E-state index is 9.31. The van der Waals surface area contributed by atoms with Gasteiger partial charge in [0.25, 0.3) is 0 Å². The molecule has 4 heterocycles. The van der Waals surface area contributed by atoms with Crippen molar-refractivity contribution in [2.45, 2.75) is 39.7 Å². The molecule has 0 spiro atoms. The lowest BCUT2D eigenvalue weighted by Gasteiger charge is -2.12. The molecule has 8 heteroatoms. The minimum absolute atomic E-state index is 0.492. The molecule has 140 valence electrons. The predicted molar refractivity (Wildman–Crippen MR) is 103 cm³/mol. The van der Waals surface area contributed by atoms with Crippen LogP contribution in [0.3, 0.4) is 0 Å². The molecule has 0 bridgehead atoms. The van der Waals surface area contributed by atoms with Crippen LogP contribution in [-0.4, -0.2) is 34.1 Å². The maximum absolute atomic E-state index is 9.31. The van der Waals surface area contributed by atoms with E-state index in [2.05, 4.69) is 42.7 Å². The largest absolute Gasteiger partial charge is 0.329 e. The summed E-state index contributed by atoms with van der Waals surface area (Å²) in [7, 11) is 0. The van der Waals surface area contributed by atoms with Crippen LogP contribution in [0.15, 0.2) is 37.1 Å². The van der Waals surface area contributed by atoms with E-state index < -0.39 is 0 Å². The molecular weight excluding hydrogens is 352 g/mol. The first-order valence-electron chi connectivity index (χ1n) is 9.23. The molecule has 4 rings (SSSR count). The third-order valence-corrected chi connectivity index (χ3v) is 4.77. The van der Waals surface area contributed by atoms with Gasteiger partial charge in [0, 0.05) is 30.6 Å². The summed E-state index contributed by atoms with van der Waals surface area (Å²) in [6.07, 6.45) is 9.55. The van der Waals surface area contributed by atoms with Gasteiger partial charge in [-0.2, -0.15) is 5.26 Å². The summed E-state index contributed by atoms with van der Waals surface area (Å²) in [6.45, 7) is 4.65. The molecule has 0 aliphatic rings. The molecule has 0 aliphatic heterocycles. The number of hydrogen-bond acceptors (Lipinski definition) is 6. The van der Waals surface area contributed by atoms with Crippen molar-refractivity contribution in [3.05, 3.63) is 71.2 Å². The van der Waals surface area contributed by atoms with Gasteiger partial charge in [-0.15, -0.1) is 10.2 Å². The van der Waals surface area contributed by atoms with E-state index in [1.165, 1.54) is 0 Å². The van der Waals surface area contributed by atoms with Crippen molar-refractivity contribution in [1.82, 2.24) is 34.1 Å². The Morgan fingerprint density at radius 1 is 1.11 bits per heavy atom. The Bertz CT molecular complexity index is 1160. The number of aryl methyl sites for hydroxylation is 2. The molecule has 0 atom stereocenters. The highest BCUT2D eigenvalue weighted by Gasteiger charge is 2.15. The number of nitriles is 1. The molecule has 0 saturated carbocycles. The number of fused-ring (bicyclic) bond motifs is 1. The van der Waals surface area contributed by atoms with E-state index in [4.69, 9.17) is 0 Å². The first kappa shape index (κ1) is 17.8. The normalized spacial score (nSPS) is 11.0. The zero-order chi connectivity index (χ0) is 19.5. The average molecular weight is 372 g/mol. The second-order valence-electron chi connectivity index (χ2n) is 6.62. The Hall–Kier alpha value is -3.60. The summed E-state index contributed by atoms with van der Waals surface area (Å²) in [4.78, 5) is 13.5. The molecule has 0 amide bonds. The topological polar surface area (TPSA) is 97.6 Å². The number of aromatic nitrogens is 7. The van der Waals surface area contributed by atoms with Gasteiger partial charge in [-0.3, -0.25) is 9.38 Å². The molecule has 0 fully saturated rings. The summed E-state index contributed by atoms with van der Waals surface area (Å²) in [6, 6.07) is 5.74. The van der Waals surface area contributed by atoms with E-state index >= 15 is 0 Å². The standard InChI is InChI=1S/C20H20N8/c1-3-5-16-18(24-13-28-14(2)25-26-20(16)28)12-27-9-8-23-19(27)10-17-15(11-21)6-4-7-22-17/h4,6-9,13H,3,5,10,12H2,1-2H3. The number of hydrogen-bond donors (Lipinski definition) is 0. The highest BCUT2D eigenvalue weighted by Crippen LogP contribution is 2.18. The van der Waals surface area contributed by atoms with Gasteiger partial charge in [-0.25, -0.2) is 9.97 Å². The lowest BCUT2D eigenvalue weighted by atomic mass is 10.1. The maximum Gasteiger partial charge on any atom is 0.167 e. The second kappa shape index (κ2) is 7.56. The van der Waals surface area contributed by atoms with E-state index in [0.29, 0.717) is 18.5 Å². The van der Waals surface area contributed by atoms with Crippen LogP contribution < -0.4 is 0 Å². The van der Waals surface area contributed by atoms with E-state index in [1.54, 1.807) is 30.9 Å². The quantitative estimate of drug-likeness (QED) is 0.516. The van der Waals surface area contributed by atoms with E-state index in [0.717, 1.165) is 47.1 Å². The number of rotatable bonds is 6. The summed E-state index contributed by atoms with van der Waals surface area (Å²) in [5.41, 5.74) is 4.23. The molecule has 0 N–H and O–H groups in total. The zero-order valence-corrected chi connectivity index (χ0v) is 15.9. The van der Waals surface area contributed by atoms with Crippen LogP contribution in [0.25, 0.3) is 5.65 Å². The Balaban J connectivity index is 1.69. The van der Waals surface area contributed by atoms with Gasteiger partial charge in [0.15, 0.2) is 5.65 Å². The molecule has 0 unspecified atom stereocenters. The number of imidazole rings is 1. The monoisotopic (exact) mass is 372 g/mol. The molecule has 8 nitrogen and oxygen atoms in total. The molecule has 0 aromatic carbocycles. The van der Waals surface area contributed by atoms with Crippen molar-refractivity contribution < 1.29 is 0 Å². The fourth-order valence-electron chi connectivity index (χ4n) is 3.33. The van der Waals surface area contributed by atoms with Crippen LogP contribution in [0.4, 0.5) is 0 Å². The van der Waals surface area contributed by atoms with Crippen LogP contribution >= 0.6 is 0 Å². The van der Waals surface area contributed by atoms with E-state index in [1.807, 2.05) is 17.5 Å². The first-order valence-corrected chi connectivity index (χ1v) is 9.23. The Kier molecular flexibility index (Phi) is 4.81. The van der Waals surface area contributed by atoms with Gasteiger partial charge in [0.2, 0.25) is 0 Å². The molecule has 0 aliphatic carbocycles. The number of pyridine rings is 1. The molecule has 4 aromatic rings. The number of nitrogens with zero attached hydrogens (tertiary/aromatic N) is 8. The van der Waals surface area contributed by atoms with Crippen LogP contribution in [0.5, 0.6) is 0 Å². The minimum Gasteiger partial charge on any atom is -0.329 e. The highest BCUT2D eigenvalue weighted by atomic mass is 15.3. The van der Waals surface area contributed by atoms with Crippen molar-refractivity contribution in [3.63, 3.8) is 0 Å². The summed E-state index contributed by atoms with van der Waals surface area (Å²) < 4.78 is 3.98. The van der Waals surface area contributed by atoms with Crippen molar-refractivity contribution in [2.24, 2.45) is 0 Å². The third kappa shape index (κ3) is 3.22. The highest BCUT2D eigenvalue weighted by molar-refractivity contribution is 5.49. The van der Waals surface area contributed by atoms with E-state index in [9.17, 15) is 5.26 Å². The van der Waals surface area contributed by atoms with Gasteiger partial charge >= 0.3 is 0 Å². The van der Waals surface area contributed by atoms with Crippen molar-refractivity contribution in [1.29, 1.82) is 5.26 Å². The predicted octanol–water partition coefficient (Wildman–Crippen LogP) is 2.49. The van der Waals surface area contributed by atoms with Gasteiger partial charge < -0.3 is 4.57 Å². The van der Waals surface area contributed by atoms with Gasteiger partial charge in [-0.05, 0) is 25.5 Å². The van der Waals surface area contributed by atoms with Gasteiger partial charge in [-0.1, -0.05) is 13.3 Å². The second-order valence-corrected chi connectivity index (χ2v) is 6.62. The average Bonchev–Trinajstić information content (AvgIpc) is 3.31. The van der Waals surface area contributed by atoms with Crippen molar-refractivity contribution in [2.75, 3.05) is 0 Å². The Morgan fingerprint density at radius 2 is 2.00 bits per heavy atom. The SMILES string of the molecule is CCCc1c(Cn2ccnc2Cc2ncccc2C#N)ncn2c(C)nnc12. The van der Waals surface area contributed by atoms with Gasteiger partial charge in [0.1, 0.15) is 24.0 Å². The van der Waals surface area contributed by atoms with E-state index in [-0.39, 0.29) is 0 Å². The lowest BCUT2D eigenvalue weighted by Crippen LogP contribution is -2.11. The fourth-order valence-corrected chi connectivity index (χ4v) is 3.33. The zero-order valence-electron chi connectivity index (χ0n) is 15.9. The van der Waals surface area contributed by atoms with Crippen LogP contribution in [-0.2, 0) is 19.4 Å². The summed E-state index contributed by atoms with van der Waals surface area (Å²) in [5, 5.41) is 17.8. The lowest BCUT2D eigenvalue weighted by molar-refractivity contribution is 0.703. The minimum atomic E-state index is 0.492. The molecule has 0 radical (unpaired) electrons. The van der Waals surface area contributed by atoms with Crippen LogP contribution in [0.1, 0.15) is 47.5 Å². The smallest absolute Gasteiger partial charge is 0.167 e. The Morgan fingerprint density at radius 3 is 2.82 bits per heavy atom. The molecular formula is C20H20N8. The van der Waals surface area contributed by atoms with Gasteiger partial charge in [0.05, 0.1) is 23.5 Å². The third-order valence-electron chi connectivity index (χ3n) is 4.77. The molecule has 0 saturated heterocycles. The van der Waals surface area contributed by atoms with Crippen molar-refractivity contribution in [3.8, 4) is 6.07 Å². The summed E-state index contributed by atoms with van der Waals surface area (Å²) >= 11 is 0. The molecule has 4 aromatic heterocycles. The van der Waals surface area contributed by atoms with Crippen LogP contribution in [0.2, 0.25) is 0 Å². The molecule has 28 heavy (non-hydrogen) atoms. The first-order chi connectivity index (χ1) is 13.7. The Labute approximate surface area is 162 Å². The van der Waals surface area contributed by atoms with Crippen molar-refractivity contribution >= 4 is 5.65 Å². The van der Waals surface area contributed by atoms with Crippen LogP contribution in [0, 0.1) is 18.3 Å².